The second-order valence-corrected chi connectivity index (χ2v) is 11.3. The monoisotopic (exact) mass is 564 g/mol. The molecule has 8 heteroatoms. The van der Waals surface area contributed by atoms with Crippen molar-refractivity contribution in [2.75, 3.05) is 0 Å². The molecule has 3 aromatic rings. The average molecular weight is 565 g/mol. The maximum Gasteiger partial charge on any atom is 0.400 e. The third-order valence-corrected chi connectivity index (χ3v) is 8.77. The van der Waals surface area contributed by atoms with Crippen LogP contribution in [0, 0.1) is 53.8 Å². The van der Waals surface area contributed by atoms with Gasteiger partial charge in [0.25, 0.3) is 0 Å². The van der Waals surface area contributed by atoms with Crippen LogP contribution in [0.1, 0.15) is 68.4 Å². The van der Waals surface area contributed by atoms with Crippen molar-refractivity contribution in [2.45, 2.75) is 70.3 Å². The van der Waals surface area contributed by atoms with E-state index in [2.05, 4.69) is 0 Å². The van der Waals surface area contributed by atoms with Gasteiger partial charge in [-0.3, -0.25) is 0 Å². The fourth-order valence-electron chi connectivity index (χ4n) is 6.54. The third-order valence-electron chi connectivity index (χ3n) is 8.77. The highest BCUT2D eigenvalue weighted by Gasteiger charge is 2.45. The Bertz CT molecular complexity index is 1330. The van der Waals surface area contributed by atoms with E-state index < -0.39 is 41.0 Å². The smallest absolute Gasteiger partial charge is 0.400 e. The number of ether oxygens (including phenoxy) is 1. The summed E-state index contributed by atoms with van der Waals surface area (Å²) >= 11 is 0. The van der Waals surface area contributed by atoms with Crippen LogP contribution >= 0.6 is 0 Å². The summed E-state index contributed by atoms with van der Waals surface area (Å²) in [5, 5.41) is 0. The van der Waals surface area contributed by atoms with Gasteiger partial charge in [-0.15, -0.1) is 0 Å². The van der Waals surface area contributed by atoms with Gasteiger partial charge in [-0.25, -0.2) is 22.0 Å². The van der Waals surface area contributed by atoms with Gasteiger partial charge in [-0.05, 0) is 123 Å². The van der Waals surface area contributed by atoms with E-state index in [1.165, 1.54) is 0 Å². The number of benzene rings is 3. The molecule has 5 rings (SSSR count). The highest BCUT2D eigenvalue weighted by Crippen LogP contribution is 2.47. The van der Waals surface area contributed by atoms with Crippen LogP contribution in [0.5, 0.6) is 5.75 Å². The van der Waals surface area contributed by atoms with E-state index in [0.29, 0.717) is 36.8 Å². The van der Waals surface area contributed by atoms with E-state index >= 15 is 8.78 Å². The Balaban J connectivity index is 1.16. The van der Waals surface area contributed by atoms with Gasteiger partial charge in [-0.1, -0.05) is 12.1 Å². The van der Waals surface area contributed by atoms with Crippen molar-refractivity contribution in [1.29, 1.82) is 0 Å². The van der Waals surface area contributed by atoms with Crippen molar-refractivity contribution >= 4 is 0 Å². The zero-order chi connectivity index (χ0) is 28.6. The van der Waals surface area contributed by atoms with Crippen LogP contribution in [0.25, 0.3) is 11.1 Å². The molecule has 0 spiro atoms. The first-order valence-electron chi connectivity index (χ1n) is 13.8. The van der Waals surface area contributed by atoms with Crippen LogP contribution < -0.4 is 4.74 Å². The molecule has 3 aromatic carbocycles. The van der Waals surface area contributed by atoms with Gasteiger partial charge in [0, 0.05) is 11.6 Å². The molecule has 40 heavy (non-hydrogen) atoms. The number of hydrogen-bond donors (Lipinski definition) is 0. The molecule has 2 aliphatic carbocycles. The van der Waals surface area contributed by atoms with E-state index in [1.807, 2.05) is 19.1 Å². The lowest BCUT2D eigenvalue weighted by Gasteiger charge is -2.39. The molecule has 0 saturated heterocycles. The summed E-state index contributed by atoms with van der Waals surface area (Å²) in [6.45, 7) is 1.87. The minimum absolute atomic E-state index is 0.154. The maximum atomic E-state index is 15.1. The second kappa shape index (κ2) is 11.5. The molecule has 2 fully saturated rings. The number of alkyl halides is 2. The summed E-state index contributed by atoms with van der Waals surface area (Å²) in [5.41, 5.74) is 1.14. The minimum Gasteiger partial charge on any atom is -0.432 e. The molecular weight excluding hydrogens is 533 g/mol. The Morgan fingerprint density at radius 3 is 1.82 bits per heavy atom. The van der Waals surface area contributed by atoms with Gasteiger partial charge >= 0.3 is 6.11 Å². The zero-order valence-corrected chi connectivity index (χ0v) is 22.1. The van der Waals surface area contributed by atoms with Gasteiger partial charge in [0.2, 0.25) is 0 Å². The van der Waals surface area contributed by atoms with Crippen molar-refractivity contribution in [3.05, 3.63) is 88.7 Å². The Morgan fingerprint density at radius 1 is 0.650 bits per heavy atom. The van der Waals surface area contributed by atoms with Crippen LogP contribution in [0.15, 0.2) is 48.5 Å². The number of rotatable bonds is 6. The first-order valence-corrected chi connectivity index (χ1v) is 13.8. The Morgan fingerprint density at radius 2 is 1.25 bits per heavy atom. The van der Waals surface area contributed by atoms with E-state index in [9.17, 15) is 22.0 Å². The molecule has 0 heterocycles. The highest BCUT2D eigenvalue weighted by molar-refractivity contribution is 5.65. The lowest BCUT2D eigenvalue weighted by atomic mass is 9.68. The molecular formula is C32H31F7O. The summed E-state index contributed by atoms with van der Waals surface area (Å²) in [7, 11) is 0. The predicted octanol–water partition coefficient (Wildman–Crippen LogP) is 10.1. The molecule has 0 amide bonds. The van der Waals surface area contributed by atoms with E-state index in [4.69, 9.17) is 4.74 Å². The largest absolute Gasteiger partial charge is 0.432 e. The van der Waals surface area contributed by atoms with Crippen LogP contribution in [-0.2, 0) is 0 Å². The number of aryl methyl sites for hydroxylation is 1. The minimum atomic E-state index is -3.52. The molecule has 2 aliphatic rings. The normalized spacial score (nSPS) is 23.7. The molecule has 1 nitrogen and oxygen atoms in total. The zero-order valence-electron chi connectivity index (χ0n) is 22.1. The van der Waals surface area contributed by atoms with Crippen LogP contribution in [0.4, 0.5) is 30.7 Å². The van der Waals surface area contributed by atoms with Crippen molar-refractivity contribution in [2.24, 2.45) is 17.8 Å². The molecule has 0 aromatic heterocycles. The lowest BCUT2D eigenvalue weighted by molar-refractivity contribution is -0.224. The topological polar surface area (TPSA) is 9.23 Å². The summed E-state index contributed by atoms with van der Waals surface area (Å²) in [5.74, 6) is -6.28. The molecule has 0 N–H and O–H groups in total. The first kappa shape index (κ1) is 28.5. The number of hydrogen-bond acceptors (Lipinski definition) is 1. The Kier molecular flexibility index (Phi) is 8.16. The molecule has 0 bridgehead atoms. The summed E-state index contributed by atoms with van der Waals surface area (Å²) in [6.07, 6.45) is 2.01. The summed E-state index contributed by atoms with van der Waals surface area (Å²) in [6, 6.07) is 9.57. The van der Waals surface area contributed by atoms with Crippen molar-refractivity contribution in [3.8, 4) is 16.9 Å². The molecule has 0 unspecified atom stereocenters. The van der Waals surface area contributed by atoms with Gasteiger partial charge in [0.1, 0.15) is 17.4 Å². The molecule has 0 atom stereocenters. The third kappa shape index (κ3) is 6.01. The van der Waals surface area contributed by atoms with Gasteiger partial charge < -0.3 is 4.74 Å². The van der Waals surface area contributed by atoms with Gasteiger partial charge in [-0.2, -0.15) is 8.78 Å². The molecule has 2 saturated carbocycles. The Hall–Kier alpha value is -3.03. The van der Waals surface area contributed by atoms with Gasteiger partial charge in [0.05, 0.1) is 5.92 Å². The van der Waals surface area contributed by atoms with E-state index in [-0.39, 0.29) is 35.7 Å². The average Bonchev–Trinajstić information content (AvgIpc) is 2.92. The van der Waals surface area contributed by atoms with Gasteiger partial charge in [0.15, 0.2) is 17.5 Å². The predicted molar refractivity (Wildman–Crippen MR) is 139 cm³/mol. The highest BCUT2D eigenvalue weighted by atomic mass is 19.3. The summed E-state index contributed by atoms with van der Waals surface area (Å²) < 4.78 is 104. The van der Waals surface area contributed by atoms with E-state index in [1.54, 1.807) is 6.07 Å². The quantitative estimate of drug-likeness (QED) is 0.214. The fourth-order valence-corrected chi connectivity index (χ4v) is 6.54. The van der Waals surface area contributed by atoms with Crippen molar-refractivity contribution < 1.29 is 35.5 Å². The molecule has 214 valence electrons. The Labute approximate surface area is 229 Å². The van der Waals surface area contributed by atoms with Crippen molar-refractivity contribution in [1.82, 2.24) is 0 Å². The SMILES string of the molecule is Cc1ccc(C2CCC(C3CCC(C(F)(F)Oc4ccc(-c5cc(F)c(F)c(F)c5)c(F)c4)CC3)CC2)c(F)c1. The first-order chi connectivity index (χ1) is 19.0. The standard InChI is InChI=1S/C32H31F7O/c1-18-2-12-25(27(33)14-18)21-5-3-19(4-6-21)20-7-9-23(10-8-20)32(38,39)40-24-11-13-26(28(34)17-24)22-15-29(35)31(37)30(36)16-22/h2,11-17,19-21,23H,3-10H2,1H3. The second-order valence-electron chi connectivity index (χ2n) is 11.3. The fraction of sp³-hybridized carbons (Fsp3) is 0.438. The summed E-state index contributed by atoms with van der Waals surface area (Å²) in [4.78, 5) is 0. The molecule has 0 radical (unpaired) electrons. The lowest BCUT2D eigenvalue weighted by Crippen LogP contribution is -2.38. The maximum absolute atomic E-state index is 15.1. The van der Waals surface area contributed by atoms with Crippen LogP contribution in [0.2, 0.25) is 0 Å². The number of halogens is 7. The van der Waals surface area contributed by atoms with E-state index in [0.717, 1.165) is 55.0 Å². The molecule has 0 aliphatic heterocycles. The van der Waals surface area contributed by atoms with Crippen LogP contribution in [-0.4, -0.2) is 6.11 Å². The van der Waals surface area contributed by atoms with Crippen molar-refractivity contribution in [3.63, 3.8) is 0 Å². The van der Waals surface area contributed by atoms with Crippen LogP contribution in [0.3, 0.4) is 0 Å².